The van der Waals surface area contributed by atoms with Crippen molar-refractivity contribution in [2.24, 2.45) is 0 Å². The molecule has 1 aromatic heterocycles. The minimum atomic E-state index is 0.566. The number of anilines is 2. The van der Waals surface area contributed by atoms with E-state index in [0.717, 1.165) is 55.6 Å². The molecular weight excluding hydrogens is 252 g/mol. The van der Waals surface area contributed by atoms with Crippen molar-refractivity contribution in [2.45, 2.75) is 45.4 Å². The zero-order valence-corrected chi connectivity index (χ0v) is 12.8. The molecule has 1 aromatic rings. The highest BCUT2D eigenvalue weighted by atomic mass is 16.5. The lowest BCUT2D eigenvalue weighted by atomic mass is 10.2. The molecule has 0 bridgehead atoms. The predicted octanol–water partition coefficient (Wildman–Crippen LogP) is 2.93. The van der Waals surface area contributed by atoms with Gasteiger partial charge in [0, 0.05) is 38.3 Å². The maximum Gasteiger partial charge on any atom is 0.136 e. The fraction of sp³-hybridized carbons (Fsp3) is 0.733. The summed E-state index contributed by atoms with van der Waals surface area (Å²) in [6.07, 6.45) is 4.51. The summed E-state index contributed by atoms with van der Waals surface area (Å²) < 4.78 is 5.48. The largest absolute Gasteiger partial charge is 0.381 e. The second kappa shape index (κ2) is 7.43. The fourth-order valence-corrected chi connectivity index (χ4v) is 2.10. The van der Waals surface area contributed by atoms with Crippen molar-refractivity contribution in [1.82, 2.24) is 9.97 Å². The summed E-state index contributed by atoms with van der Waals surface area (Å²) in [5, 5.41) is 6.58. The number of hydrogen-bond donors (Lipinski definition) is 2. The predicted molar refractivity (Wildman–Crippen MR) is 82.5 cm³/mol. The number of hydrogen-bond acceptors (Lipinski definition) is 5. The average molecular weight is 278 g/mol. The number of aromatic nitrogens is 2. The maximum absolute atomic E-state index is 5.48. The van der Waals surface area contributed by atoms with Gasteiger partial charge in [0.15, 0.2) is 0 Å². The van der Waals surface area contributed by atoms with E-state index in [-0.39, 0.29) is 0 Å². The molecule has 0 amide bonds. The van der Waals surface area contributed by atoms with Gasteiger partial charge >= 0.3 is 0 Å². The van der Waals surface area contributed by atoms with E-state index in [2.05, 4.69) is 34.4 Å². The summed E-state index contributed by atoms with van der Waals surface area (Å²) in [5.41, 5.74) is 1.09. The van der Waals surface area contributed by atoms with Crippen molar-refractivity contribution in [3.8, 4) is 0 Å². The monoisotopic (exact) mass is 278 g/mol. The van der Waals surface area contributed by atoms with E-state index in [1.807, 2.05) is 7.05 Å². The molecule has 0 radical (unpaired) electrons. The Hall–Kier alpha value is -1.36. The summed E-state index contributed by atoms with van der Waals surface area (Å²) >= 11 is 0. The van der Waals surface area contributed by atoms with Crippen LogP contribution in [0.3, 0.4) is 0 Å². The van der Waals surface area contributed by atoms with Crippen molar-refractivity contribution in [2.75, 3.05) is 37.4 Å². The molecule has 1 aliphatic carbocycles. The molecule has 0 unspecified atom stereocenters. The van der Waals surface area contributed by atoms with Gasteiger partial charge in [0.25, 0.3) is 0 Å². The normalized spacial score (nSPS) is 14.3. The molecule has 0 aromatic carbocycles. The van der Waals surface area contributed by atoms with Crippen LogP contribution in [0.4, 0.5) is 11.6 Å². The highest BCUT2D eigenvalue weighted by Gasteiger charge is 2.28. The number of nitrogens with zero attached hydrogens (tertiary/aromatic N) is 2. The van der Waals surface area contributed by atoms with Crippen LogP contribution in [-0.4, -0.2) is 36.8 Å². The van der Waals surface area contributed by atoms with Crippen molar-refractivity contribution in [1.29, 1.82) is 0 Å². The Balaban J connectivity index is 1.90. The lowest BCUT2D eigenvalue weighted by Gasteiger charge is -2.13. The Morgan fingerprint density at radius 3 is 2.60 bits per heavy atom. The summed E-state index contributed by atoms with van der Waals surface area (Å²) in [5.74, 6) is 3.44. The van der Waals surface area contributed by atoms with E-state index in [4.69, 9.17) is 4.74 Å². The molecule has 5 nitrogen and oxygen atoms in total. The van der Waals surface area contributed by atoms with E-state index in [0.29, 0.717) is 5.92 Å². The molecule has 0 spiro atoms. The summed E-state index contributed by atoms with van der Waals surface area (Å²) in [7, 11) is 1.91. The lowest BCUT2D eigenvalue weighted by Crippen LogP contribution is -2.12. The van der Waals surface area contributed by atoms with Crippen LogP contribution in [0, 0.1) is 6.92 Å². The van der Waals surface area contributed by atoms with Crippen LogP contribution in [0.5, 0.6) is 0 Å². The van der Waals surface area contributed by atoms with Gasteiger partial charge in [-0.05, 0) is 32.6 Å². The topological polar surface area (TPSA) is 59.1 Å². The van der Waals surface area contributed by atoms with Gasteiger partial charge in [-0.25, -0.2) is 9.97 Å². The first-order chi connectivity index (χ1) is 9.76. The van der Waals surface area contributed by atoms with Gasteiger partial charge < -0.3 is 15.4 Å². The molecule has 2 N–H and O–H groups in total. The molecule has 1 fully saturated rings. The second-order valence-corrected chi connectivity index (χ2v) is 5.32. The Kier molecular flexibility index (Phi) is 5.59. The summed E-state index contributed by atoms with van der Waals surface area (Å²) in [4.78, 5) is 9.27. The standard InChI is InChI=1S/C15H26N4O/c1-4-9-20-10-5-8-17-14-11(2)13(16-3)18-15(19-14)12-6-7-12/h12H,4-10H2,1-3H3,(H2,16,17,18,19). The minimum Gasteiger partial charge on any atom is -0.381 e. The summed E-state index contributed by atoms with van der Waals surface area (Å²) in [6.45, 7) is 6.72. The Bertz CT molecular complexity index is 432. The molecule has 20 heavy (non-hydrogen) atoms. The van der Waals surface area contributed by atoms with Crippen LogP contribution < -0.4 is 10.6 Å². The van der Waals surface area contributed by atoms with E-state index >= 15 is 0 Å². The molecule has 0 atom stereocenters. The molecular formula is C15H26N4O. The van der Waals surface area contributed by atoms with Crippen LogP contribution in [0.2, 0.25) is 0 Å². The molecule has 1 saturated carbocycles. The van der Waals surface area contributed by atoms with Crippen molar-refractivity contribution in [3.05, 3.63) is 11.4 Å². The van der Waals surface area contributed by atoms with Gasteiger partial charge in [0.05, 0.1) is 0 Å². The third kappa shape index (κ3) is 4.07. The number of ether oxygens (including phenoxy) is 1. The maximum atomic E-state index is 5.48. The van der Waals surface area contributed by atoms with Crippen LogP contribution in [0.15, 0.2) is 0 Å². The SMILES string of the molecule is CCCOCCCNc1nc(C2CC2)nc(NC)c1C. The second-order valence-electron chi connectivity index (χ2n) is 5.32. The third-order valence-corrected chi connectivity index (χ3v) is 3.45. The Labute approximate surface area is 121 Å². The van der Waals surface area contributed by atoms with Crippen LogP contribution >= 0.6 is 0 Å². The molecule has 1 aliphatic rings. The minimum absolute atomic E-state index is 0.566. The highest BCUT2D eigenvalue weighted by molar-refractivity contribution is 5.57. The highest BCUT2D eigenvalue weighted by Crippen LogP contribution is 2.39. The van der Waals surface area contributed by atoms with Gasteiger partial charge in [-0.2, -0.15) is 0 Å². The third-order valence-electron chi connectivity index (χ3n) is 3.45. The van der Waals surface area contributed by atoms with Crippen LogP contribution in [0.25, 0.3) is 0 Å². The Morgan fingerprint density at radius 1 is 1.20 bits per heavy atom. The first-order valence-electron chi connectivity index (χ1n) is 7.64. The molecule has 2 rings (SSSR count). The van der Waals surface area contributed by atoms with Gasteiger partial charge in [0.1, 0.15) is 17.5 Å². The summed E-state index contributed by atoms with van der Waals surface area (Å²) in [6, 6.07) is 0. The van der Waals surface area contributed by atoms with Gasteiger partial charge in [-0.1, -0.05) is 6.92 Å². The van der Waals surface area contributed by atoms with E-state index in [9.17, 15) is 0 Å². The zero-order valence-electron chi connectivity index (χ0n) is 12.8. The van der Waals surface area contributed by atoms with Crippen molar-refractivity contribution < 1.29 is 4.74 Å². The first kappa shape index (κ1) is 15.0. The van der Waals surface area contributed by atoms with E-state index in [1.165, 1.54) is 12.8 Å². The van der Waals surface area contributed by atoms with E-state index in [1.54, 1.807) is 0 Å². The lowest BCUT2D eigenvalue weighted by molar-refractivity contribution is 0.134. The van der Waals surface area contributed by atoms with Gasteiger partial charge in [0.2, 0.25) is 0 Å². The van der Waals surface area contributed by atoms with Gasteiger partial charge in [-0.3, -0.25) is 0 Å². The molecule has 112 valence electrons. The number of rotatable bonds is 9. The molecule has 0 aliphatic heterocycles. The molecule has 5 heteroatoms. The number of nitrogens with one attached hydrogen (secondary N) is 2. The van der Waals surface area contributed by atoms with Crippen LogP contribution in [0.1, 0.15) is 49.9 Å². The van der Waals surface area contributed by atoms with Crippen LogP contribution in [-0.2, 0) is 4.74 Å². The quantitative estimate of drug-likeness (QED) is 0.680. The fourth-order valence-electron chi connectivity index (χ4n) is 2.10. The molecule has 1 heterocycles. The Morgan fingerprint density at radius 2 is 1.95 bits per heavy atom. The average Bonchev–Trinajstić information content (AvgIpc) is 3.29. The zero-order chi connectivity index (χ0) is 14.4. The van der Waals surface area contributed by atoms with E-state index < -0.39 is 0 Å². The smallest absolute Gasteiger partial charge is 0.136 e. The van der Waals surface area contributed by atoms with Crippen molar-refractivity contribution >= 4 is 11.6 Å². The van der Waals surface area contributed by atoms with Gasteiger partial charge in [-0.15, -0.1) is 0 Å². The van der Waals surface area contributed by atoms with Crippen molar-refractivity contribution in [3.63, 3.8) is 0 Å². The molecule has 0 saturated heterocycles. The first-order valence-corrected chi connectivity index (χ1v) is 7.64.